The first-order valence-corrected chi connectivity index (χ1v) is 6.89. The van der Waals surface area contributed by atoms with E-state index in [0.717, 1.165) is 5.56 Å². The van der Waals surface area contributed by atoms with Gasteiger partial charge in [0.25, 0.3) is 0 Å². The molecule has 0 spiro atoms. The standard InChI is InChI=1S/C14H15NO3S/c16-12(13-2-1-8-18-13)5-7-15-14(17)4-3-11-6-9-19-10-11/h1-4,6,8-10,12,16H,5,7H2,(H,15,17)/b4-3+/t12-/m0/s1. The molecule has 2 rings (SSSR count). The molecule has 0 unspecified atom stereocenters. The summed E-state index contributed by atoms with van der Waals surface area (Å²) >= 11 is 1.59. The molecule has 0 saturated carbocycles. The first-order valence-electron chi connectivity index (χ1n) is 5.95. The molecule has 100 valence electrons. The SMILES string of the molecule is O=C(/C=C/c1ccsc1)NCC[C@H](O)c1ccco1. The number of thiophene rings is 1. The topological polar surface area (TPSA) is 62.5 Å². The minimum Gasteiger partial charge on any atom is -0.467 e. The average molecular weight is 277 g/mol. The van der Waals surface area contributed by atoms with E-state index < -0.39 is 6.10 Å². The molecule has 2 heterocycles. The summed E-state index contributed by atoms with van der Waals surface area (Å²) in [4.78, 5) is 11.5. The number of aliphatic hydroxyl groups is 1. The third-order valence-corrected chi connectivity index (χ3v) is 3.26. The summed E-state index contributed by atoms with van der Waals surface area (Å²) in [7, 11) is 0. The molecule has 1 amide bonds. The van der Waals surface area contributed by atoms with Gasteiger partial charge in [-0.25, -0.2) is 0 Å². The number of carbonyl (C=O) groups is 1. The Hall–Kier alpha value is -1.85. The van der Waals surface area contributed by atoms with E-state index in [2.05, 4.69) is 5.32 Å². The monoisotopic (exact) mass is 277 g/mol. The second kappa shape index (κ2) is 6.92. The molecular weight excluding hydrogens is 262 g/mol. The van der Waals surface area contributed by atoms with Gasteiger partial charge >= 0.3 is 0 Å². The van der Waals surface area contributed by atoms with E-state index in [1.54, 1.807) is 29.5 Å². The Labute approximate surface area is 115 Å². The Morgan fingerprint density at radius 2 is 2.42 bits per heavy atom. The van der Waals surface area contributed by atoms with Gasteiger partial charge in [-0.3, -0.25) is 4.79 Å². The van der Waals surface area contributed by atoms with Crippen LogP contribution in [-0.2, 0) is 4.79 Å². The number of aliphatic hydroxyl groups excluding tert-OH is 1. The predicted octanol–water partition coefficient (Wildman–Crippen LogP) is 2.59. The molecule has 1 atom stereocenters. The van der Waals surface area contributed by atoms with E-state index in [4.69, 9.17) is 4.42 Å². The summed E-state index contributed by atoms with van der Waals surface area (Å²) < 4.78 is 5.07. The van der Waals surface area contributed by atoms with E-state index in [1.807, 2.05) is 16.8 Å². The lowest BCUT2D eigenvalue weighted by Gasteiger charge is -2.07. The van der Waals surface area contributed by atoms with Crippen molar-refractivity contribution >= 4 is 23.3 Å². The van der Waals surface area contributed by atoms with Crippen molar-refractivity contribution in [1.29, 1.82) is 0 Å². The average Bonchev–Trinajstić information content (AvgIpc) is 3.09. The van der Waals surface area contributed by atoms with Crippen molar-refractivity contribution in [3.05, 3.63) is 52.6 Å². The quantitative estimate of drug-likeness (QED) is 0.798. The molecule has 0 aliphatic heterocycles. The highest BCUT2D eigenvalue weighted by Crippen LogP contribution is 2.15. The summed E-state index contributed by atoms with van der Waals surface area (Å²) in [6.07, 6.45) is 4.50. The summed E-state index contributed by atoms with van der Waals surface area (Å²) in [5, 5.41) is 16.4. The molecule has 0 fully saturated rings. The van der Waals surface area contributed by atoms with Crippen molar-refractivity contribution in [2.24, 2.45) is 0 Å². The summed E-state index contributed by atoms with van der Waals surface area (Å²) in [6, 6.07) is 5.37. The van der Waals surface area contributed by atoms with Crippen LogP contribution in [0.25, 0.3) is 6.08 Å². The van der Waals surface area contributed by atoms with Gasteiger partial charge in [-0.05, 0) is 47.0 Å². The lowest BCUT2D eigenvalue weighted by atomic mass is 10.2. The molecular formula is C14H15NO3S. The maximum Gasteiger partial charge on any atom is 0.244 e. The molecule has 0 aliphatic rings. The maximum atomic E-state index is 11.5. The van der Waals surface area contributed by atoms with Crippen molar-refractivity contribution < 1.29 is 14.3 Å². The van der Waals surface area contributed by atoms with Gasteiger partial charge in [0.2, 0.25) is 5.91 Å². The third kappa shape index (κ3) is 4.39. The van der Waals surface area contributed by atoms with Crippen LogP contribution in [0.3, 0.4) is 0 Å². The molecule has 0 aromatic carbocycles. The van der Waals surface area contributed by atoms with E-state index in [0.29, 0.717) is 18.7 Å². The second-order valence-electron chi connectivity index (χ2n) is 4.00. The Morgan fingerprint density at radius 3 is 3.11 bits per heavy atom. The predicted molar refractivity (Wildman–Crippen MR) is 74.6 cm³/mol. The number of rotatable bonds is 6. The zero-order valence-corrected chi connectivity index (χ0v) is 11.1. The van der Waals surface area contributed by atoms with Crippen LogP contribution >= 0.6 is 11.3 Å². The zero-order valence-electron chi connectivity index (χ0n) is 10.3. The largest absolute Gasteiger partial charge is 0.467 e. The van der Waals surface area contributed by atoms with Gasteiger partial charge in [0.05, 0.1) is 6.26 Å². The zero-order chi connectivity index (χ0) is 13.5. The molecule has 2 aromatic heterocycles. The molecule has 5 heteroatoms. The number of nitrogens with one attached hydrogen (secondary N) is 1. The van der Waals surface area contributed by atoms with Crippen molar-refractivity contribution in [3.8, 4) is 0 Å². The molecule has 4 nitrogen and oxygen atoms in total. The van der Waals surface area contributed by atoms with Gasteiger partial charge in [0.1, 0.15) is 11.9 Å². The van der Waals surface area contributed by atoms with E-state index >= 15 is 0 Å². The fourth-order valence-corrected chi connectivity index (χ4v) is 2.18. The van der Waals surface area contributed by atoms with Crippen molar-refractivity contribution in [2.75, 3.05) is 6.54 Å². The molecule has 2 aromatic rings. The number of hydrogen-bond donors (Lipinski definition) is 2. The van der Waals surface area contributed by atoms with Crippen LogP contribution in [0.5, 0.6) is 0 Å². The highest BCUT2D eigenvalue weighted by Gasteiger charge is 2.09. The number of amides is 1. The fraction of sp³-hybridized carbons (Fsp3) is 0.214. The van der Waals surface area contributed by atoms with Crippen LogP contribution < -0.4 is 5.32 Å². The van der Waals surface area contributed by atoms with Gasteiger partial charge in [0, 0.05) is 12.6 Å². The Kier molecular flexibility index (Phi) is 4.94. The van der Waals surface area contributed by atoms with Crippen LogP contribution in [0.15, 0.2) is 45.7 Å². The van der Waals surface area contributed by atoms with Crippen molar-refractivity contribution in [3.63, 3.8) is 0 Å². The summed E-state index contributed by atoms with van der Waals surface area (Å²) in [6.45, 7) is 0.397. The lowest BCUT2D eigenvalue weighted by molar-refractivity contribution is -0.116. The second-order valence-corrected chi connectivity index (χ2v) is 4.78. The Bertz CT molecular complexity index is 517. The highest BCUT2D eigenvalue weighted by molar-refractivity contribution is 7.08. The third-order valence-electron chi connectivity index (χ3n) is 2.56. The molecule has 19 heavy (non-hydrogen) atoms. The van der Waals surface area contributed by atoms with Gasteiger partial charge in [-0.15, -0.1) is 0 Å². The van der Waals surface area contributed by atoms with Crippen LogP contribution in [0.2, 0.25) is 0 Å². The minimum absolute atomic E-state index is 0.169. The fourth-order valence-electron chi connectivity index (χ4n) is 1.56. The number of hydrogen-bond acceptors (Lipinski definition) is 4. The highest BCUT2D eigenvalue weighted by atomic mass is 32.1. The molecule has 2 N–H and O–H groups in total. The van der Waals surface area contributed by atoms with E-state index in [-0.39, 0.29) is 5.91 Å². The van der Waals surface area contributed by atoms with Crippen molar-refractivity contribution in [2.45, 2.75) is 12.5 Å². The van der Waals surface area contributed by atoms with Crippen LogP contribution in [0, 0.1) is 0 Å². The molecule has 0 saturated heterocycles. The molecule has 0 radical (unpaired) electrons. The van der Waals surface area contributed by atoms with Gasteiger partial charge in [-0.2, -0.15) is 11.3 Å². The summed E-state index contributed by atoms with van der Waals surface area (Å²) in [5.41, 5.74) is 1.01. The van der Waals surface area contributed by atoms with Crippen molar-refractivity contribution in [1.82, 2.24) is 5.32 Å². The van der Waals surface area contributed by atoms with Crippen LogP contribution in [-0.4, -0.2) is 17.6 Å². The minimum atomic E-state index is -0.684. The molecule has 0 aliphatic carbocycles. The lowest BCUT2D eigenvalue weighted by Crippen LogP contribution is -2.23. The Balaban J connectivity index is 1.69. The van der Waals surface area contributed by atoms with Gasteiger partial charge in [0.15, 0.2) is 0 Å². The Morgan fingerprint density at radius 1 is 1.53 bits per heavy atom. The first-order chi connectivity index (χ1) is 9.25. The van der Waals surface area contributed by atoms with E-state index in [1.165, 1.54) is 12.3 Å². The number of carbonyl (C=O) groups excluding carboxylic acids is 1. The van der Waals surface area contributed by atoms with Gasteiger partial charge in [-0.1, -0.05) is 0 Å². The van der Waals surface area contributed by atoms with Gasteiger partial charge < -0.3 is 14.8 Å². The van der Waals surface area contributed by atoms with Crippen LogP contribution in [0.4, 0.5) is 0 Å². The maximum absolute atomic E-state index is 11.5. The summed E-state index contributed by atoms with van der Waals surface area (Å²) in [5.74, 6) is 0.348. The first kappa shape index (κ1) is 13.6. The van der Waals surface area contributed by atoms with E-state index in [9.17, 15) is 9.90 Å². The molecule has 0 bridgehead atoms. The normalized spacial score (nSPS) is 12.7. The smallest absolute Gasteiger partial charge is 0.244 e. The number of furan rings is 1. The van der Waals surface area contributed by atoms with Crippen LogP contribution in [0.1, 0.15) is 23.8 Å².